The molecule has 4 rings (SSSR count). The van der Waals surface area contributed by atoms with E-state index in [1.54, 1.807) is 41.1 Å². The topological polar surface area (TPSA) is 72.3 Å². The first-order valence-electron chi connectivity index (χ1n) is 9.40. The van der Waals surface area contributed by atoms with Crippen LogP contribution < -0.4 is 15.6 Å². The second-order valence-electron chi connectivity index (χ2n) is 6.61. The van der Waals surface area contributed by atoms with Crippen LogP contribution in [0, 0.1) is 0 Å². The van der Waals surface area contributed by atoms with Gasteiger partial charge in [-0.25, -0.2) is 9.97 Å². The minimum absolute atomic E-state index is 0.161. The molecule has 0 unspecified atom stereocenters. The van der Waals surface area contributed by atoms with Crippen LogP contribution in [0.25, 0.3) is 16.7 Å². The van der Waals surface area contributed by atoms with Crippen LogP contribution in [0.2, 0.25) is 5.02 Å². The van der Waals surface area contributed by atoms with Crippen LogP contribution in [0.3, 0.4) is 0 Å². The van der Waals surface area contributed by atoms with Crippen molar-refractivity contribution in [1.29, 1.82) is 0 Å². The predicted molar refractivity (Wildman–Crippen MR) is 109 cm³/mol. The van der Waals surface area contributed by atoms with Crippen LogP contribution in [0.1, 0.15) is 12.7 Å². The molecule has 0 amide bonds. The maximum absolute atomic E-state index is 13.4. The third-order valence-electron chi connectivity index (χ3n) is 4.75. The maximum atomic E-state index is 13.4. The van der Waals surface area contributed by atoms with Crippen molar-refractivity contribution in [3.05, 3.63) is 57.7 Å². The molecular weight excluding hydrogens is 378 g/mol. The van der Waals surface area contributed by atoms with E-state index in [2.05, 4.69) is 15.2 Å². The van der Waals surface area contributed by atoms with Gasteiger partial charge in [-0.2, -0.15) is 0 Å². The lowest BCUT2D eigenvalue weighted by Crippen LogP contribution is -2.44. The maximum Gasteiger partial charge on any atom is 0.267 e. The smallest absolute Gasteiger partial charge is 0.267 e. The molecule has 1 N–H and O–H groups in total. The number of piperazine rings is 1. The first-order chi connectivity index (χ1) is 13.7. The van der Waals surface area contributed by atoms with Crippen molar-refractivity contribution in [2.45, 2.75) is 13.5 Å². The Morgan fingerprint density at radius 2 is 2.07 bits per heavy atom. The van der Waals surface area contributed by atoms with E-state index in [-0.39, 0.29) is 5.56 Å². The number of aromatic nitrogens is 3. The normalized spacial score (nSPS) is 15.1. The third kappa shape index (κ3) is 3.73. The number of halogens is 1. The molecule has 1 aliphatic heterocycles. The number of pyridine rings is 1. The van der Waals surface area contributed by atoms with Gasteiger partial charge in [-0.15, -0.1) is 0 Å². The molecule has 1 fully saturated rings. The fraction of sp³-hybridized carbons (Fsp3) is 0.350. The monoisotopic (exact) mass is 399 g/mol. The fourth-order valence-corrected chi connectivity index (χ4v) is 3.59. The van der Waals surface area contributed by atoms with E-state index in [4.69, 9.17) is 21.3 Å². The van der Waals surface area contributed by atoms with E-state index in [1.165, 1.54) is 0 Å². The molecule has 146 valence electrons. The van der Waals surface area contributed by atoms with Gasteiger partial charge in [0.25, 0.3) is 5.56 Å². The van der Waals surface area contributed by atoms with Gasteiger partial charge >= 0.3 is 0 Å². The molecule has 3 heterocycles. The average Bonchev–Trinajstić information content (AvgIpc) is 2.70. The molecule has 28 heavy (non-hydrogen) atoms. The molecule has 2 aromatic heterocycles. The van der Waals surface area contributed by atoms with Crippen molar-refractivity contribution in [2.24, 2.45) is 0 Å². The van der Waals surface area contributed by atoms with E-state index in [0.29, 0.717) is 46.5 Å². The summed E-state index contributed by atoms with van der Waals surface area (Å²) >= 11 is 6.16. The minimum Gasteiger partial charge on any atom is -0.492 e. The standard InChI is InChI=1S/C20H22ClN5O2/c1-2-28-17-12-14(21)5-6-16(17)26-18(13-25-10-8-22-9-11-25)24-19-15(20(26)27)4-3-7-23-19/h3-7,12,22H,2,8-11,13H2,1H3. The van der Waals surface area contributed by atoms with E-state index in [0.717, 1.165) is 26.2 Å². The van der Waals surface area contributed by atoms with Gasteiger partial charge in [0.05, 0.1) is 24.2 Å². The predicted octanol–water partition coefficient (Wildman–Crippen LogP) is 2.24. The molecule has 1 aromatic carbocycles. The summed E-state index contributed by atoms with van der Waals surface area (Å²) < 4.78 is 7.41. The van der Waals surface area contributed by atoms with E-state index in [1.807, 2.05) is 6.92 Å². The summed E-state index contributed by atoms with van der Waals surface area (Å²) in [7, 11) is 0. The summed E-state index contributed by atoms with van der Waals surface area (Å²) in [5.41, 5.74) is 0.937. The largest absolute Gasteiger partial charge is 0.492 e. The summed E-state index contributed by atoms with van der Waals surface area (Å²) in [6, 6.07) is 8.79. The summed E-state index contributed by atoms with van der Waals surface area (Å²) in [5.74, 6) is 1.20. The van der Waals surface area contributed by atoms with Crippen LogP contribution in [-0.4, -0.2) is 52.2 Å². The second kappa shape index (κ2) is 8.26. The van der Waals surface area contributed by atoms with E-state index >= 15 is 0 Å². The SMILES string of the molecule is CCOc1cc(Cl)ccc1-n1c(CN2CCNCC2)nc2ncccc2c1=O. The van der Waals surface area contributed by atoms with Crippen LogP contribution in [0.5, 0.6) is 5.75 Å². The van der Waals surface area contributed by atoms with Gasteiger partial charge in [0, 0.05) is 43.5 Å². The van der Waals surface area contributed by atoms with Crippen molar-refractivity contribution < 1.29 is 4.74 Å². The van der Waals surface area contributed by atoms with Gasteiger partial charge in [-0.05, 0) is 31.2 Å². The van der Waals surface area contributed by atoms with Crippen molar-refractivity contribution >= 4 is 22.6 Å². The highest BCUT2D eigenvalue weighted by molar-refractivity contribution is 6.30. The zero-order chi connectivity index (χ0) is 19.5. The van der Waals surface area contributed by atoms with Gasteiger partial charge < -0.3 is 10.1 Å². The summed E-state index contributed by atoms with van der Waals surface area (Å²) in [6.45, 7) is 6.56. The lowest BCUT2D eigenvalue weighted by Gasteiger charge is -2.28. The third-order valence-corrected chi connectivity index (χ3v) is 4.99. The molecule has 0 bridgehead atoms. The number of fused-ring (bicyclic) bond motifs is 1. The first-order valence-corrected chi connectivity index (χ1v) is 9.77. The Morgan fingerprint density at radius 1 is 1.25 bits per heavy atom. The first kappa shape index (κ1) is 18.9. The lowest BCUT2D eigenvalue weighted by atomic mass is 10.2. The van der Waals surface area contributed by atoms with Crippen molar-refractivity contribution in [1.82, 2.24) is 24.8 Å². The lowest BCUT2D eigenvalue weighted by molar-refractivity contribution is 0.226. The number of hydrogen-bond donors (Lipinski definition) is 1. The second-order valence-corrected chi connectivity index (χ2v) is 7.05. The highest BCUT2D eigenvalue weighted by Gasteiger charge is 2.20. The fourth-order valence-electron chi connectivity index (χ4n) is 3.43. The van der Waals surface area contributed by atoms with Crippen molar-refractivity contribution in [3.8, 4) is 11.4 Å². The summed E-state index contributed by atoms with van der Waals surface area (Å²) in [5, 5.41) is 4.37. The Balaban J connectivity index is 1.91. The van der Waals surface area contributed by atoms with Crippen molar-refractivity contribution in [2.75, 3.05) is 32.8 Å². The Kier molecular flexibility index (Phi) is 5.57. The van der Waals surface area contributed by atoms with Gasteiger partial charge in [-0.1, -0.05) is 11.6 Å². The summed E-state index contributed by atoms with van der Waals surface area (Å²) in [4.78, 5) is 24.7. The molecule has 3 aromatic rings. The molecule has 0 spiro atoms. The number of nitrogens with zero attached hydrogens (tertiary/aromatic N) is 4. The van der Waals surface area contributed by atoms with Crippen molar-refractivity contribution in [3.63, 3.8) is 0 Å². The summed E-state index contributed by atoms with van der Waals surface area (Å²) in [6.07, 6.45) is 1.65. The highest BCUT2D eigenvalue weighted by atomic mass is 35.5. The van der Waals surface area contributed by atoms with Gasteiger partial charge in [-0.3, -0.25) is 14.3 Å². The molecule has 0 saturated carbocycles. The van der Waals surface area contributed by atoms with Crippen LogP contribution in [-0.2, 0) is 6.54 Å². The Bertz CT molecular complexity index is 1050. The molecule has 0 atom stereocenters. The molecule has 1 aliphatic rings. The minimum atomic E-state index is -0.161. The molecule has 0 radical (unpaired) electrons. The molecular formula is C20H22ClN5O2. The molecule has 1 saturated heterocycles. The molecule has 7 nitrogen and oxygen atoms in total. The Morgan fingerprint density at radius 3 is 2.86 bits per heavy atom. The quantitative estimate of drug-likeness (QED) is 0.709. The Hall–Kier alpha value is -2.48. The van der Waals surface area contributed by atoms with E-state index in [9.17, 15) is 4.79 Å². The van der Waals surface area contributed by atoms with Crippen LogP contribution in [0.4, 0.5) is 0 Å². The number of hydrogen-bond acceptors (Lipinski definition) is 6. The van der Waals surface area contributed by atoms with Gasteiger partial charge in [0.15, 0.2) is 5.65 Å². The highest BCUT2D eigenvalue weighted by Crippen LogP contribution is 2.27. The Labute approximate surface area is 167 Å². The molecule has 0 aliphatic carbocycles. The number of benzene rings is 1. The van der Waals surface area contributed by atoms with Crippen LogP contribution in [0.15, 0.2) is 41.3 Å². The van der Waals surface area contributed by atoms with Gasteiger partial charge in [0.1, 0.15) is 11.6 Å². The average molecular weight is 400 g/mol. The molecule has 8 heteroatoms. The van der Waals surface area contributed by atoms with E-state index < -0.39 is 0 Å². The van der Waals surface area contributed by atoms with Gasteiger partial charge in [0.2, 0.25) is 0 Å². The zero-order valence-corrected chi connectivity index (χ0v) is 16.4. The van der Waals surface area contributed by atoms with Crippen LogP contribution >= 0.6 is 11.6 Å². The number of rotatable bonds is 5. The number of nitrogens with one attached hydrogen (secondary N) is 1. The zero-order valence-electron chi connectivity index (χ0n) is 15.7. The number of ether oxygens (including phenoxy) is 1.